The van der Waals surface area contributed by atoms with Gasteiger partial charge in [-0.2, -0.15) is 0 Å². The van der Waals surface area contributed by atoms with Gasteiger partial charge in [-0.25, -0.2) is 0 Å². The highest BCUT2D eigenvalue weighted by molar-refractivity contribution is 4.89. The molecular formula is C12H25NO. The van der Waals surface area contributed by atoms with E-state index in [1.54, 1.807) is 7.11 Å². The second-order valence-electron chi connectivity index (χ2n) is 4.11. The largest absolute Gasteiger partial charge is 0.382 e. The molecule has 0 aromatic carbocycles. The summed E-state index contributed by atoms with van der Waals surface area (Å²) in [5, 5.41) is 3.34. The van der Waals surface area contributed by atoms with Crippen molar-refractivity contribution in [3.8, 4) is 0 Å². The van der Waals surface area contributed by atoms with Crippen molar-refractivity contribution in [2.24, 2.45) is 0 Å². The quantitative estimate of drug-likeness (QED) is 0.607. The molecule has 0 amide bonds. The summed E-state index contributed by atoms with van der Waals surface area (Å²) in [5.41, 5.74) is 1.27. The average molecular weight is 199 g/mol. The second-order valence-corrected chi connectivity index (χ2v) is 4.11. The Labute approximate surface area is 88.7 Å². The van der Waals surface area contributed by atoms with Gasteiger partial charge in [-0.1, -0.05) is 5.57 Å². The molecule has 0 aliphatic rings. The summed E-state index contributed by atoms with van der Waals surface area (Å²) in [5.74, 6) is 0. The summed E-state index contributed by atoms with van der Waals surface area (Å²) in [6, 6.07) is 0.601. The fourth-order valence-electron chi connectivity index (χ4n) is 1.41. The summed E-state index contributed by atoms with van der Waals surface area (Å²) >= 11 is 0. The lowest BCUT2D eigenvalue weighted by molar-refractivity contribution is 0.106. The lowest BCUT2D eigenvalue weighted by atomic mass is 10.0. The van der Waals surface area contributed by atoms with E-state index < -0.39 is 0 Å². The van der Waals surface area contributed by atoms with E-state index in [4.69, 9.17) is 4.74 Å². The topological polar surface area (TPSA) is 21.3 Å². The molecule has 2 nitrogen and oxygen atoms in total. The molecule has 0 radical (unpaired) electrons. The molecule has 2 atom stereocenters. The molecule has 0 bridgehead atoms. The molecule has 0 aromatic rings. The molecule has 0 rings (SSSR count). The third-order valence-corrected chi connectivity index (χ3v) is 2.65. The molecule has 0 fully saturated rings. The summed E-state index contributed by atoms with van der Waals surface area (Å²) in [6.45, 7) is 8.12. The predicted molar refractivity (Wildman–Crippen MR) is 62.6 cm³/mol. The molecular weight excluding hydrogens is 174 g/mol. The van der Waals surface area contributed by atoms with Crippen LogP contribution < -0.4 is 5.32 Å². The molecule has 14 heavy (non-hydrogen) atoms. The van der Waals surface area contributed by atoms with Crippen LogP contribution in [0.3, 0.4) is 0 Å². The minimum Gasteiger partial charge on any atom is -0.382 e. The third kappa shape index (κ3) is 7.10. The van der Waals surface area contributed by atoms with Gasteiger partial charge in [0.25, 0.3) is 0 Å². The third-order valence-electron chi connectivity index (χ3n) is 2.65. The lowest BCUT2D eigenvalue weighted by Gasteiger charge is -2.18. The van der Waals surface area contributed by atoms with Crippen LogP contribution in [0.4, 0.5) is 0 Å². The van der Waals surface area contributed by atoms with Gasteiger partial charge < -0.3 is 10.1 Å². The van der Waals surface area contributed by atoms with Gasteiger partial charge in [0, 0.05) is 13.2 Å². The van der Waals surface area contributed by atoms with Gasteiger partial charge in [-0.05, 0) is 46.6 Å². The van der Waals surface area contributed by atoms with E-state index in [1.165, 1.54) is 18.4 Å². The zero-order valence-electron chi connectivity index (χ0n) is 10.1. The van der Waals surface area contributed by atoms with Gasteiger partial charge in [0.2, 0.25) is 0 Å². The van der Waals surface area contributed by atoms with E-state index in [2.05, 4.69) is 25.7 Å². The SMILES string of the molecule is C=C(C)CCC(CCC(C)OC)NC. The smallest absolute Gasteiger partial charge is 0.0543 e. The Morgan fingerprint density at radius 2 is 2.00 bits per heavy atom. The van der Waals surface area contributed by atoms with E-state index in [1.807, 2.05) is 7.05 Å². The van der Waals surface area contributed by atoms with Crippen molar-refractivity contribution in [2.75, 3.05) is 14.2 Å². The van der Waals surface area contributed by atoms with E-state index in [9.17, 15) is 0 Å². The van der Waals surface area contributed by atoms with Crippen LogP contribution in [0.25, 0.3) is 0 Å². The van der Waals surface area contributed by atoms with Crippen LogP contribution >= 0.6 is 0 Å². The van der Waals surface area contributed by atoms with E-state index in [-0.39, 0.29) is 0 Å². The number of hydrogen-bond donors (Lipinski definition) is 1. The van der Waals surface area contributed by atoms with Gasteiger partial charge in [-0.3, -0.25) is 0 Å². The molecule has 2 unspecified atom stereocenters. The summed E-state index contributed by atoms with van der Waals surface area (Å²) in [6.07, 6.45) is 4.97. The highest BCUT2D eigenvalue weighted by Crippen LogP contribution is 2.11. The van der Waals surface area contributed by atoms with Gasteiger partial charge >= 0.3 is 0 Å². The normalized spacial score (nSPS) is 15.1. The van der Waals surface area contributed by atoms with Crippen LogP contribution in [0.1, 0.15) is 39.5 Å². The second kappa shape index (κ2) is 8.01. The zero-order chi connectivity index (χ0) is 11.0. The van der Waals surface area contributed by atoms with Gasteiger partial charge in [-0.15, -0.1) is 6.58 Å². The zero-order valence-corrected chi connectivity index (χ0v) is 10.1. The first-order valence-electron chi connectivity index (χ1n) is 5.44. The Hall–Kier alpha value is -0.340. The molecule has 0 spiro atoms. The fraction of sp³-hybridized carbons (Fsp3) is 0.833. The molecule has 84 valence electrons. The maximum atomic E-state index is 5.23. The standard InChI is InChI=1S/C12H25NO/c1-10(2)6-8-12(13-4)9-7-11(3)14-5/h11-13H,1,6-9H2,2-5H3. The number of methoxy groups -OCH3 is 1. The Kier molecular flexibility index (Phi) is 7.81. The Morgan fingerprint density at radius 1 is 1.36 bits per heavy atom. The van der Waals surface area contributed by atoms with Crippen LogP contribution in [-0.2, 0) is 4.74 Å². The first kappa shape index (κ1) is 13.7. The van der Waals surface area contributed by atoms with Gasteiger partial charge in [0.1, 0.15) is 0 Å². The van der Waals surface area contributed by atoms with Gasteiger partial charge in [0.05, 0.1) is 6.10 Å². The van der Waals surface area contributed by atoms with Crippen LogP contribution in [0, 0.1) is 0 Å². The minimum atomic E-state index is 0.371. The molecule has 0 saturated heterocycles. The highest BCUT2D eigenvalue weighted by atomic mass is 16.5. The summed E-state index contributed by atoms with van der Waals surface area (Å²) in [7, 11) is 3.80. The molecule has 0 saturated carbocycles. The maximum absolute atomic E-state index is 5.23. The Balaban J connectivity index is 3.62. The number of allylic oxidation sites excluding steroid dienone is 1. The minimum absolute atomic E-state index is 0.371. The number of nitrogens with one attached hydrogen (secondary N) is 1. The van der Waals surface area contributed by atoms with Crippen molar-refractivity contribution in [2.45, 2.75) is 51.7 Å². The van der Waals surface area contributed by atoms with Crippen molar-refractivity contribution in [1.29, 1.82) is 0 Å². The molecule has 0 heterocycles. The summed E-state index contributed by atoms with van der Waals surface area (Å²) in [4.78, 5) is 0. The van der Waals surface area contributed by atoms with Crippen molar-refractivity contribution in [3.63, 3.8) is 0 Å². The molecule has 0 aliphatic heterocycles. The van der Waals surface area contributed by atoms with E-state index in [0.717, 1.165) is 12.8 Å². The molecule has 2 heteroatoms. The highest BCUT2D eigenvalue weighted by Gasteiger charge is 2.08. The molecule has 0 aromatic heterocycles. The fourth-order valence-corrected chi connectivity index (χ4v) is 1.41. The summed E-state index contributed by atoms with van der Waals surface area (Å²) < 4.78 is 5.23. The van der Waals surface area contributed by atoms with Crippen LogP contribution in [0.15, 0.2) is 12.2 Å². The maximum Gasteiger partial charge on any atom is 0.0543 e. The first-order chi connectivity index (χ1) is 6.60. The number of ether oxygens (including phenoxy) is 1. The predicted octanol–water partition coefficient (Wildman–Crippen LogP) is 2.75. The molecule has 0 aliphatic carbocycles. The van der Waals surface area contributed by atoms with Crippen LogP contribution in [-0.4, -0.2) is 26.3 Å². The monoisotopic (exact) mass is 199 g/mol. The lowest BCUT2D eigenvalue weighted by Crippen LogP contribution is -2.26. The number of hydrogen-bond acceptors (Lipinski definition) is 2. The van der Waals surface area contributed by atoms with Crippen LogP contribution in [0.5, 0.6) is 0 Å². The molecule has 1 N–H and O–H groups in total. The van der Waals surface area contributed by atoms with Crippen molar-refractivity contribution in [1.82, 2.24) is 5.32 Å². The number of rotatable bonds is 8. The Bertz CT molecular complexity index is 156. The van der Waals surface area contributed by atoms with Crippen molar-refractivity contribution in [3.05, 3.63) is 12.2 Å². The average Bonchev–Trinajstić information content (AvgIpc) is 2.17. The van der Waals surface area contributed by atoms with Crippen molar-refractivity contribution >= 4 is 0 Å². The first-order valence-corrected chi connectivity index (χ1v) is 5.44. The van der Waals surface area contributed by atoms with Gasteiger partial charge in [0.15, 0.2) is 0 Å². The Morgan fingerprint density at radius 3 is 2.43 bits per heavy atom. The van der Waals surface area contributed by atoms with Crippen molar-refractivity contribution < 1.29 is 4.74 Å². The van der Waals surface area contributed by atoms with E-state index >= 15 is 0 Å². The van der Waals surface area contributed by atoms with E-state index in [0.29, 0.717) is 12.1 Å². The van der Waals surface area contributed by atoms with Crippen LogP contribution in [0.2, 0.25) is 0 Å².